The number of ether oxygens (including phenoxy) is 2. The molecular weight excluding hydrogens is 204 g/mol. The molecule has 0 amide bonds. The molecule has 0 bridgehead atoms. The predicted octanol–water partition coefficient (Wildman–Crippen LogP) is 2.83. The molecule has 0 unspecified atom stereocenters. The van der Waals surface area contributed by atoms with Gasteiger partial charge in [0.1, 0.15) is 0 Å². The highest BCUT2D eigenvalue weighted by Gasteiger charge is 2.19. The third-order valence-electron chi connectivity index (χ3n) is 2.54. The van der Waals surface area contributed by atoms with Crippen LogP contribution in [0.3, 0.4) is 0 Å². The summed E-state index contributed by atoms with van der Waals surface area (Å²) < 4.78 is 11.2. The van der Waals surface area contributed by atoms with Crippen molar-refractivity contribution < 1.29 is 14.3 Å². The summed E-state index contributed by atoms with van der Waals surface area (Å²) in [7, 11) is 0. The van der Waals surface area contributed by atoms with E-state index in [0.717, 1.165) is 12.8 Å². The molecule has 3 heteroatoms. The Hall–Kier alpha value is -1.51. The minimum atomic E-state index is 0.148. The van der Waals surface area contributed by atoms with Crippen LogP contribution in [-0.4, -0.2) is 19.0 Å². The first-order valence-corrected chi connectivity index (χ1v) is 5.74. The molecule has 0 atom stereocenters. The summed E-state index contributed by atoms with van der Waals surface area (Å²) in [6.45, 7) is 3.28. The number of benzene rings is 1. The fraction of sp³-hybridized carbons (Fsp3) is 0.462. The number of fused-ring (bicyclic) bond motifs is 1. The van der Waals surface area contributed by atoms with Crippen LogP contribution >= 0.6 is 0 Å². The van der Waals surface area contributed by atoms with Crippen molar-refractivity contribution in [2.75, 3.05) is 13.2 Å². The molecule has 1 aromatic carbocycles. The van der Waals surface area contributed by atoms with Gasteiger partial charge in [0.05, 0.1) is 18.8 Å². The molecule has 0 fully saturated rings. The number of hydrogen-bond acceptors (Lipinski definition) is 3. The van der Waals surface area contributed by atoms with E-state index in [1.807, 2.05) is 25.1 Å². The molecule has 0 radical (unpaired) electrons. The molecule has 0 saturated carbocycles. The highest BCUT2D eigenvalue weighted by molar-refractivity contribution is 5.99. The van der Waals surface area contributed by atoms with Crippen LogP contribution in [0.1, 0.15) is 36.5 Å². The standard InChI is InChI=1S/C13H16O3/c1-2-8-15-12-7-3-5-10-11(14)6-4-9-16-13(10)12/h3,5,7H,2,4,6,8-9H2,1H3. The second-order valence-corrected chi connectivity index (χ2v) is 3.86. The molecule has 1 aliphatic rings. The van der Waals surface area contributed by atoms with E-state index < -0.39 is 0 Å². The maximum absolute atomic E-state index is 11.8. The van der Waals surface area contributed by atoms with Crippen molar-refractivity contribution in [3.05, 3.63) is 23.8 Å². The van der Waals surface area contributed by atoms with Gasteiger partial charge in [0.15, 0.2) is 17.3 Å². The van der Waals surface area contributed by atoms with Gasteiger partial charge in [-0.1, -0.05) is 13.0 Å². The van der Waals surface area contributed by atoms with Gasteiger partial charge in [0, 0.05) is 6.42 Å². The average Bonchev–Trinajstić information content (AvgIpc) is 2.49. The molecule has 1 heterocycles. The van der Waals surface area contributed by atoms with Gasteiger partial charge in [0.2, 0.25) is 0 Å². The Balaban J connectivity index is 2.33. The smallest absolute Gasteiger partial charge is 0.171 e. The molecular formula is C13H16O3. The molecule has 16 heavy (non-hydrogen) atoms. The minimum Gasteiger partial charge on any atom is -0.490 e. The van der Waals surface area contributed by atoms with Gasteiger partial charge >= 0.3 is 0 Å². The summed E-state index contributed by atoms with van der Waals surface area (Å²) in [4.78, 5) is 11.8. The van der Waals surface area contributed by atoms with Crippen molar-refractivity contribution in [3.8, 4) is 11.5 Å². The number of rotatable bonds is 3. The van der Waals surface area contributed by atoms with Crippen molar-refractivity contribution in [3.63, 3.8) is 0 Å². The zero-order valence-electron chi connectivity index (χ0n) is 9.49. The van der Waals surface area contributed by atoms with Crippen molar-refractivity contribution in [1.82, 2.24) is 0 Å². The van der Waals surface area contributed by atoms with Crippen LogP contribution in [0.15, 0.2) is 18.2 Å². The van der Waals surface area contributed by atoms with E-state index in [4.69, 9.17) is 9.47 Å². The lowest BCUT2D eigenvalue weighted by molar-refractivity contribution is 0.0983. The Labute approximate surface area is 95.4 Å². The number of ketones is 1. The molecule has 0 aromatic heterocycles. The summed E-state index contributed by atoms with van der Waals surface area (Å²) in [6.07, 6.45) is 2.28. The van der Waals surface area contributed by atoms with Gasteiger partial charge in [-0.3, -0.25) is 4.79 Å². The Morgan fingerprint density at radius 2 is 2.31 bits per heavy atom. The Morgan fingerprint density at radius 3 is 3.12 bits per heavy atom. The predicted molar refractivity (Wildman–Crippen MR) is 61.3 cm³/mol. The monoisotopic (exact) mass is 220 g/mol. The molecule has 3 nitrogen and oxygen atoms in total. The third kappa shape index (κ3) is 2.18. The van der Waals surface area contributed by atoms with E-state index in [9.17, 15) is 4.79 Å². The number of Topliss-reactive ketones (excluding diaryl/α,β-unsaturated/α-hetero) is 1. The van der Waals surface area contributed by atoms with Crippen molar-refractivity contribution in [1.29, 1.82) is 0 Å². The summed E-state index contributed by atoms with van der Waals surface area (Å²) in [6, 6.07) is 5.51. The summed E-state index contributed by atoms with van der Waals surface area (Å²) in [5.74, 6) is 1.46. The van der Waals surface area contributed by atoms with Gasteiger partial charge in [0.25, 0.3) is 0 Å². The maximum Gasteiger partial charge on any atom is 0.171 e. The second kappa shape index (κ2) is 5.01. The lowest BCUT2D eigenvalue weighted by Crippen LogP contribution is -2.02. The first-order chi connectivity index (χ1) is 7.83. The van der Waals surface area contributed by atoms with Gasteiger partial charge in [-0.15, -0.1) is 0 Å². The van der Waals surface area contributed by atoms with E-state index in [2.05, 4.69) is 0 Å². The van der Waals surface area contributed by atoms with Crippen molar-refractivity contribution >= 4 is 5.78 Å². The molecule has 0 saturated heterocycles. The Kier molecular flexibility index (Phi) is 3.44. The summed E-state index contributed by atoms with van der Waals surface area (Å²) in [5, 5.41) is 0. The van der Waals surface area contributed by atoms with Gasteiger partial charge in [-0.05, 0) is 25.0 Å². The zero-order valence-corrected chi connectivity index (χ0v) is 9.49. The second-order valence-electron chi connectivity index (χ2n) is 3.86. The molecule has 0 spiro atoms. The van der Waals surface area contributed by atoms with Crippen LogP contribution in [0.4, 0.5) is 0 Å². The largest absolute Gasteiger partial charge is 0.490 e. The normalized spacial score (nSPS) is 14.9. The Morgan fingerprint density at radius 1 is 1.44 bits per heavy atom. The molecule has 2 rings (SSSR count). The number of carbonyl (C=O) groups excluding carboxylic acids is 1. The number of hydrogen-bond donors (Lipinski definition) is 0. The lowest BCUT2D eigenvalue weighted by atomic mass is 10.1. The molecule has 1 aromatic rings. The van der Waals surface area contributed by atoms with Crippen LogP contribution in [0.25, 0.3) is 0 Å². The van der Waals surface area contributed by atoms with E-state index in [-0.39, 0.29) is 5.78 Å². The van der Waals surface area contributed by atoms with Crippen LogP contribution in [-0.2, 0) is 0 Å². The van der Waals surface area contributed by atoms with Crippen molar-refractivity contribution in [2.45, 2.75) is 26.2 Å². The summed E-state index contributed by atoms with van der Waals surface area (Å²) >= 11 is 0. The zero-order chi connectivity index (χ0) is 11.4. The number of para-hydroxylation sites is 1. The van der Waals surface area contributed by atoms with Crippen LogP contribution in [0.2, 0.25) is 0 Å². The highest BCUT2D eigenvalue weighted by atomic mass is 16.5. The summed E-state index contributed by atoms with van der Waals surface area (Å²) in [5.41, 5.74) is 0.658. The first-order valence-electron chi connectivity index (χ1n) is 5.74. The third-order valence-corrected chi connectivity index (χ3v) is 2.54. The average molecular weight is 220 g/mol. The van der Waals surface area contributed by atoms with E-state index in [1.54, 1.807) is 0 Å². The van der Waals surface area contributed by atoms with E-state index in [0.29, 0.717) is 36.7 Å². The van der Waals surface area contributed by atoms with E-state index in [1.165, 1.54) is 0 Å². The molecule has 1 aliphatic heterocycles. The quantitative estimate of drug-likeness (QED) is 0.785. The fourth-order valence-corrected chi connectivity index (χ4v) is 1.75. The molecule has 86 valence electrons. The van der Waals surface area contributed by atoms with Crippen LogP contribution in [0, 0.1) is 0 Å². The van der Waals surface area contributed by atoms with Crippen LogP contribution in [0.5, 0.6) is 11.5 Å². The highest BCUT2D eigenvalue weighted by Crippen LogP contribution is 2.34. The Bertz CT molecular complexity index is 385. The van der Waals surface area contributed by atoms with Crippen LogP contribution < -0.4 is 9.47 Å². The lowest BCUT2D eigenvalue weighted by Gasteiger charge is -2.12. The topological polar surface area (TPSA) is 35.5 Å². The van der Waals surface area contributed by atoms with Gasteiger partial charge in [-0.2, -0.15) is 0 Å². The first kappa shape index (κ1) is 11.0. The van der Waals surface area contributed by atoms with Crippen molar-refractivity contribution in [2.24, 2.45) is 0 Å². The van der Waals surface area contributed by atoms with Gasteiger partial charge < -0.3 is 9.47 Å². The maximum atomic E-state index is 11.8. The minimum absolute atomic E-state index is 0.148. The number of carbonyl (C=O) groups is 1. The fourth-order valence-electron chi connectivity index (χ4n) is 1.75. The van der Waals surface area contributed by atoms with E-state index >= 15 is 0 Å². The molecule has 0 aliphatic carbocycles. The van der Waals surface area contributed by atoms with Gasteiger partial charge in [-0.25, -0.2) is 0 Å². The SMILES string of the molecule is CCCOc1cccc2c1OCCCC2=O. The molecule has 0 N–H and O–H groups in total.